The van der Waals surface area contributed by atoms with Crippen molar-refractivity contribution >= 4 is 17.4 Å². The van der Waals surface area contributed by atoms with Crippen molar-refractivity contribution in [2.75, 3.05) is 5.32 Å². The smallest absolute Gasteiger partial charge is 0.273 e. The van der Waals surface area contributed by atoms with Gasteiger partial charge in [-0.25, -0.2) is 0 Å². The molecule has 0 bridgehead atoms. The molecule has 1 heterocycles. The second kappa shape index (κ2) is 6.08. The number of hydrogen-bond donors (Lipinski definition) is 3. The van der Waals surface area contributed by atoms with Gasteiger partial charge in [0.25, 0.3) is 5.91 Å². The Morgan fingerprint density at radius 1 is 1.43 bits per heavy atom. The SMILES string of the molecule is Cc1cc(C(=O)Nc2ccc(CC(N)=NO)cc2)n(C)n1. The summed E-state index contributed by atoms with van der Waals surface area (Å²) in [6.45, 7) is 1.83. The van der Waals surface area contributed by atoms with Gasteiger partial charge in [0.1, 0.15) is 11.5 Å². The molecule has 0 aliphatic heterocycles. The number of carbonyl (C=O) groups excluding carboxylic acids is 1. The third-order valence-electron chi connectivity index (χ3n) is 2.96. The van der Waals surface area contributed by atoms with E-state index in [1.807, 2.05) is 19.1 Å². The van der Waals surface area contributed by atoms with Crippen molar-refractivity contribution in [1.82, 2.24) is 9.78 Å². The maximum absolute atomic E-state index is 12.1. The zero-order valence-corrected chi connectivity index (χ0v) is 11.9. The fourth-order valence-corrected chi connectivity index (χ4v) is 1.97. The first-order valence-corrected chi connectivity index (χ1v) is 6.37. The van der Waals surface area contributed by atoms with Gasteiger partial charge in [0.15, 0.2) is 0 Å². The Labute approximate surface area is 122 Å². The molecule has 0 fully saturated rings. The van der Waals surface area contributed by atoms with Gasteiger partial charge in [0, 0.05) is 19.2 Å². The first kappa shape index (κ1) is 14.6. The van der Waals surface area contributed by atoms with Gasteiger partial charge in [-0.3, -0.25) is 9.48 Å². The normalized spacial score (nSPS) is 11.4. The van der Waals surface area contributed by atoms with Crippen LogP contribution in [0.1, 0.15) is 21.7 Å². The largest absolute Gasteiger partial charge is 0.409 e. The van der Waals surface area contributed by atoms with Crippen LogP contribution in [0.4, 0.5) is 5.69 Å². The molecular formula is C14H17N5O2. The van der Waals surface area contributed by atoms with E-state index in [1.54, 1.807) is 25.2 Å². The molecular weight excluding hydrogens is 270 g/mol. The fraction of sp³-hybridized carbons (Fsp3) is 0.214. The zero-order chi connectivity index (χ0) is 15.4. The maximum Gasteiger partial charge on any atom is 0.273 e. The van der Waals surface area contributed by atoms with E-state index in [2.05, 4.69) is 15.6 Å². The van der Waals surface area contributed by atoms with E-state index >= 15 is 0 Å². The Balaban J connectivity index is 2.06. The van der Waals surface area contributed by atoms with Crippen LogP contribution < -0.4 is 11.1 Å². The average molecular weight is 287 g/mol. The van der Waals surface area contributed by atoms with Crippen LogP contribution in [0.15, 0.2) is 35.5 Å². The Kier molecular flexibility index (Phi) is 4.22. The van der Waals surface area contributed by atoms with Crippen LogP contribution in [-0.4, -0.2) is 26.7 Å². The lowest BCUT2D eigenvalue weighted by Crippen LogP contribution is -2.16. The summed E-state index contributed by atoms with van der Waals surface area (Å²) in [5.41, 5.74) is 8.28. The van der Waals surface area contributed by atoms with Crippen molar-refractivity contribution in [2.24, 2.45) is 17.9 Å². The summed E-state index contributed by atoms with van der Waals surface area (Å²) >= 11 is 0. The molecule has 7 nitrogen and oxygen atoms in total. The van der Waals surface area contributed by atoms with Crippen LogP contribution in [0.25, 0.3) is 0 Å². The van der Waals surface area contributed by atoms with E-state index in [9.17, 15) is 4.79 Å². The molecule has 0 radical (unpaired) electrons. The van der Waals surface area contributed by atoms with Crippen molar-refractivity contribution in [3.63, 3.8) is 0 Å². The van der Waals surface area contributed by atoms with Gasteiger partial charge in [-0.2, -0.15) is 5.10 Å². The average Bonchev–Trinajstić information content (AvgIpc) is 2.80. The van der Waals surface area contributed by atoms with E-state index < -0.39 is 0 Å². The Bertz CT molecular complexity index is 673. The van der Waals surface area contributed by atoms with Crippen molar-refractivity contribution in [3.05, 3.63) is 47.3 Å². The molecule has 4 N–H and O–H groups in total. The van der Waals surface area contributed by atoms with Crippen molar-refractivity contribution in [1.29, 1.82) is 0 Å². The van der Waals surface area contributed by atoms with Crippen LogP contribution >= 0.6 is 0 Å². The zero-order valence-electron chi connectivity index (χ0n) is 11.9. The summed E-state index contributed by atoms with van der Waals surface area (Å²) in [5, 5.41) is 18.4. The minimum Gasteiger partial charge on any atom is -0.409 e. The third-order valence-corrected chi connectivity index (χ3v) is 2.96. The minimum absolute atomic E-state index is 0.136. The van der Waals surface area contributed by atoms with Crippen LogP contribution in [0.3, 0.4) is 0 Å². The molecule has 2 rings (SSSR count). The highest BCUT2D eigenvalue weighted by molar-refractivity contribution is 6.03. The number of nitrogens with two attached hydrogens (primary N) is 1. The molecule has 0 saturated carbocycles. The van der Waals surface area contributed by atoms with E-state index in [0.29, 0.717) is 17.8 Å². The Hall–Kier alpha value is -2.83. The minimum atomic E-state index is -0.220. The molecule has 0 aliphatic carbocycles. The van der Waals surface area contributed by atoms with Gasteiger partial charge < -0.3 is 16.3 Å². The number of aromatic nitrogens is 2. The first-order chi connectivity index (χ1) is 9.99. The lowest BCUT2D eigenvalue weighted by molar-refractivity contribution is 0.101. The molecule has 0 unspecified atom stereocenters. The second-order valence-electron chi connectivity index (χ2n) is 4.71. The summed E-state index contributed by atoms with van der Waals surface area (Å²) in [6.07, 6.45) is 0.353. The number of aryl methyl sites for hydroxylation is 2. The monoisotopic (exact) mass is 287 g/mol. The van der Waals surface area contributed by atoms with Crippen LogP contribution in [0.2, 0.25) is 0 Å². The number of nitrogens with one attached hydrogen (secondary N) is 1. The van der Waals surface area contributed by atoms with Gasteiger partial charge in [0.05, 0.1) is 5.69 Å². The first-order valence-electron chi connectivity index (χ1n) is 6.37. The van der Waals surface area contributed by atoms with Crippen molar-refractivity contribution < 1.29 is 10.0 Å². The maximum atomic E-state index is 12.1. The predicted molar refractivity (Wildman–Crippen MR) is 79.5 cm³/mol. The van der Waals surface area contributed by atoms with Crippen LogP contribution in [0, 0.1) is 6.92 Å². The number of oxime groups is 1. The molecule has 0 spiro atoms. The summed E-state index contributed by atoms with van der Waals surface area (Å²) in [5.74, 6) is -0.0839. The number of hydrogen-bond acceptors (Lipinski definition) is 4. The Morgan fingerprint density at radius 2 is 2.10 bits per heavy atom. The summed E-state index contributed by atoms with van der Waals surface area (Å²) in [4.78, 5) is 12.1. The number of nitrogens with zero attached hydrogens (tertiary/aromatic N) is 3. The van der Waals surface area contributed by atoms with Crippen LogP contribution in [0.5, 0.6) is 0 Å². The number of amidine groups is 1. The number of carbonyl (C=O) groups is 1. The van der Waals surface area contributed by atoms with Gasteiger partial charge in [-0.1, -0.05) is 17.3 Å². The van der Waals surface area contributed by atoms with E-state index in [4.69, 9.17) is 10.9 Å². The molecule has 21 heavy (non-hydrogen) atoms. The number of rotatable bonds is 4. The van der Waals surface area contributed by atoms with E-state index in [-0.39, 0.29) is 11.7 Å². The molecule has 1 aromatic heterocycles. The lowest BCUT2D eigenvalue weighted by atomic mass is 10.1. The summed E-state index contributed by atoms with van der Waals surface area (Å²) in [7, 11) is 1.72. The van der Waals surface area contributed by atoms with Gasteiger partial charge >= 0.3 is 0 Å². The van der Waals surface area contributed by atoms with Gasteiger partial charge in [-0.15, -0.1) is 0 Å². The molecule has 0 saturated heterocycles. The van der Waals surface area contributed by atoms with E-state index in [1.165, 1.54) is 4.68 Å². The Morgan fingerprint density at radius 3 is 2.62 bits per heavy atom. The molecule has 0 atom stereocenters. The summed E-state index contributed by atoms with van der Waals surface area (Å²) in [6, 6.07) is 8.87. The highest BCUT2D eigenvalue weighted by Crippen LogP contribution is 2.12. The number of benzene rings is 1. The lowest BCUT2D eigenvalue weighted by Gasteiger charge is -2.06. The van der Waals surface area contributed by atoms with Crippen molar-refractivity contribution in [2.45, 2.75) is 13.3 Å². The second-order valence-corrected chi connectivity index (χ2v) is 4.71. The fourth-order valence-electron chi connectivity index (χ4n) is 1.97. The standard InChI is InChI=1S/C14H17N5O2/c1-9-7-12(19(2)17-9)14(20)16-11-5-3-10(4-6-11)8-13(15)18-21/h3-7,21H,8H2,1-2H3,(H2,15,18)(H,16,20). The molecule has 2 aromatic rings. The van der Waals surface area contributed by atoms with Crippen LogP contribution in [-0.2, 0) is 13.5 Å². The molecule has 110 valence electrons. The van der Waals surface area contributed by atoms with Crippen molar-refractivity contribution in [3.8, 4) is 0 Å². The molecule has 0 aliphatic rings. The third kappa shape index (κ3) is 3.59. The molecule has 7 heteroatoms. The van der Waals surface area contributed by atoms with Gasteiger partial charge in [0.2, 0.25) is 0 Å². The molecule has 1 amide bonds. The number of anilines is 1. The highest BCUT2D eigenvalue weighted by Gasteiger charge is 2.11. The molecule has 1 aromatic carbocycles. The highest BCUT2D eigenvalue weighted by atomic mass is 16.4. The quantitative estimate of drug-likeness (QED) is 0.341. The van der Waals surface area contributed by atoms with Gasteiger partial charge in [-0.05, 0) is 30.7 Å². The topological polar surface area (TPSA) is 106 Å². The number of amides is 1. The van der Waals surface area contributed by atoms with E-state index in [0.717, 1.165) is 11.3 Å². The summed E-state index contributed by atoms with van der Waals surface area (Å²) < 4.78 is 1.54. The predicted octanol–water partition coefficient (Wildman–Crippen LogP) is 1.27.